The lowest BCUT2D eigenvalue weighted by atomic mass is 9.87. The van der Waals surface area contributed by atoms with Gasteiger partial charge < -0.3 is 5.11 Å². The van der Waals surface area contributed by atoms with E-state index in [0.29, 0.717) is 5.75 Å². The molecule has 84 valence electrons. The normalized spacial score (nSPS) is 12.9. The quantitative estimate of drug-likeness (QED) is 0.723. The molecule has 0 radical (unpaired) electrons. The Hall–Kier alpha value is -0.763. The minimum atomic E-state index is -1.41. The zero-order chi connectivity index (χ0) is 11.9. The SMILES string of the molecule is CC(C)(C)c1ccc([Si](C)(C)C)c(O)c1. The number of rotatable bonds is 1. The van der Waals surface area contributed by atoms with Crippen molar-refractivity contribution in [2.24, 2.45) is 0 Å². The van der Waals surface area contributed by atoms with E-state index in [1.807, 2.05) is 6.07 Å². The minimum absolute atomic E-state index is 0.107. The second-order valence-corrected chi connectivity index (χ2v) is 11.3. The van der Waals surface area contributed by atoms with Crippen LogP contribution < -0.4 is 5.19 Å². The lowest BCUT2D eigenvalue weighted by Gasteiger charge is -2.23. The molecule has 0 amide bonds. The van der Waals surface area contributed by atoms with E-state index >= 15 is 0 Å². The summed E-state index contributed by atoms with van der Waals surface area (Å²) >= 11 is 0. The monoisotopic (exact) mass is 222 g/mol. The molecule has 2 heteroatoms. The molecule has 15 heavy (non-hydrogen) atoms. The summed E-state index contributed by atoms with van der Waals surface area (Å²) in [6.07, 6.45) is 0. The van der Waals surface area contributed by atoms with Crippen molar-refractivity contribution in [3.8, 4) is 5.75 Å². The van der Waals surface area contributed by atoms with E-state index in [2.05, 4.69) is 52.5 Å². The van der Waals surface area contributed by atoms with Crippen molar-refractivity contribution < 1.29 is 5.11 Å². The van der Waals surface area contributed by atoms with Crippen molar-refractivity contribution in [3.63, 3.8) is 0 Å². The van der Waals surface area contributed by atoms with Crippen molar-refractivity contribution in [1.82, 2.24) is 0 Å². The fourth-order valence-corrected chi connectivity index (χ4v) is 3.06. The third-order valence-corrected chi connectivity index (χ3v) is 4.71. The largest absolute Gasteiger partial charge is 0.508 e. The summed E-state index contributed by atoms with van der Waals surface area (Å²) in [6.45, 7) is 13.2. The van der Waals surface area contributed by atoms with Gasteiger partial charge in [-0.2, -0.15) is 0 Å². The molecule has 1 rings (SSSR count). The van der Waals surface area contributed by atoms with E-state index in [-0.39, 0.29) is 5.41 Å². The van der Waals surface area contributed by atoms with Crippen LogP contribution >= 0.6 is 0 Å². The summed E-state index contributed by atoms with van der Waals surface area (Å²) in [5, 5.41) is 11.2. The van der Waals surface area contributed by atoms with E-state index in [1.165, 1.54) is 5.56 Å². The summed E-state index contributed by atoms with van der Waals surface area (Å²) in [5.74, 6) is 0.474. The Morgan fingerprint density at radius 1 is 1.07 bits per heavy atom. The van der Waals surface area contributed by atoms with Gasteiger partial charge in [0.15, 0.2) is 0 Å². The van der Waals surface area contributed by atoms with Crippen LogP contribution in [0.2, 0.25) is 19.6 Å². The molecule has 0 atom stereocenters. The molecule has 1 aromatic carbocycles. The third-order valence-electron chi connectivity index (χ3n) is 2.67. The maximum absolute atomic E-state index is 10.0. The Bertz CT molecular complexity index is 356. The minimum Gasteiger partial charge on any atom is -0.508 e. The van der Waals surface area contributed by atoms with Gasteiger partial charge in [0.05, 0.1) is 8.07 Å². The van der Waals surface area contributed by atoms with Gasteiger partial charge in [0.2, 0.25) is 0 Å². The lowest BCUT2D eigenvalue weighted by molar-refractivity contribution is 0.475. The standard InChI is InChI=1S/C13H22OSi/c1-13(2,3)10-7-8-12(11(14)9-10)15(4,5)6/h7-9,14H,1-6H3. The van der Waals surface area contributed by atoms with Crippen molar-refractivity contribution in [2.75, 3.05) is 0 Å². The van der Waals surface area contributed by atoms with Gasteiger partial charge in [-0.1, -0.05) is 52.5 Å². The van der Waals surface area contributed by atoms with Crippen LogP contribution in [-0.4, -0.2) is 13.2 Å². The Balaban J connectivity index is 3.21. The molecule has 1 aromatic rings. The van der Waals surface area contributed by atoms with Crippen molar-refractivity contribution in [3.05, 3.63) is 23.8 Å². The highest BCUT2D eigenvalue weighted by Crippen LogP contribution is 2.25. The fraction of sp³-hybridized carbons (Fsp3) is 0.538. The van der Waals surface area contributed by atoms with Crippen LogP contribution in [0.25, 0.3) is 0 Å². The smallest absolute Gasteiger partial charge is 0.115 e. The lowest BCUT2D eigenvalue weighted by Crippen LogP contribution is -2.37. The van der Waals surface area contributed by atoms with Gasteiger partial charge in [-0.25, -0.2) is 0 Å². The molecule has 0 saturated carbocycles. The van der Waals surface area contributed by atoms with Gasteiger partial charge in [-0.15, -0.1) is 0 Å². The first-order chi connectivity index (χ1) is 6.62. The highest BCUT2D eigenvalue weighted by molar-refractivity contribution is 6.89. The van der Waals surface area contributed by atoms with Crippen LogP contribution in [0.3, 0.4) is 0 Å². The predicted octanol–water partition coefficient (Wildman–Crippen LogP) is 3.23. The van der Waals surface area contributed by atoms with Gasteiger partial charge in [0.25, 0.3) is 0 Å². The second-order valence-electron chi connectivity index (χ2n) is 6.23. The number of hydrogen-bond acceptors (Lipinski definition) is 1. The number of hydrogen-bond donors (Lipinski definition) is 1. The summed E-state index contributed by atoms with van der Waals surface area (Å²) in [5.41, 5.74) is 1.30. The Kier molecular flexibility index (Phi) is 3.01. The molecule has 0 fully saturated rings. The molecule has 1 N–H and O–H groups in total. The topological polar surface area (TPSA) is 20.2 Å². The van der Waals surface area contributed by atoms with Crippen LogP contribution in [0.15, 0.2) is 18.2 Å². The zero-order valence-electron chi connectivity index (χ0n) is 10.7. The Morgan fingerprint density at radius 3 is 1.93 bits per heavy atom. The van der Waals surface area contributed by atoms with Crippen LogP contribution in [0.4, 0.5) is 0 Å². The number of phenols is 1. The first-order valence-electron chi connectivity index (χ1n) is 5.46. The molecule has 0 aromatic heterocycles. The molecular formula is C13H22OSi. The van der Waals surface area contributed by atoms with Crippen molar-refractivity contribution in [1.29, 1.82) is 0 Å². The van der Waals surface area contributed by atoms with Crippen LogP contribution in [-0.2, 0) is 5.41 Å². The van der Waals surface area contributed by atoms with E-state index < -0.39 is 8.07 Å². The summed E-state index contributed by atoms with van der Waals surface area (Å²) in [7, 11) is -1.41. The van der Waals surface area contributed by atoms with E-state index in [1.54, 1.807) is 0 Å². The van der Waals surface area contributed by atoms with E-state index in [0.717, 1.165) is 5.19 Å². The molecule has 0 heterocycles. The number of benzene rings is 1. The molecule has 0 unspecified atom stereocenters. The zero-order valence-corrected chi connectivity index (χ0v) is 11.7. The maximum Gasteiger partial charge on any atom is 0.115 e. The van der Waals surface area contributed by atoms with Gasteiger partial charge in [-0.3, -0.25) is 0 Å². The Morgan fingerprint density at radius 2 is 1.60 bits per heavy atom. The fourth-order valence-electron chi connectivity index (χ4n) is 1.63. The first-order valence-corrected chi connectivity index (χ1v) is 8.96. The summed E-state index contributed by atoms with van der Waals surface area (Å²) in [4.78, 5) is 0. The summed E-state index contributed by atoms with van der Waals surface area (Å²) in [6, 6.07) is 6.17. The van der Waals surface area contributed by atoms with E-state index in [4.69, 9.17) is 0 Å². The maximum atomic E-state index is 10.0. The summed E-state index contributed by atoms with van der Waals surface area (Å²) < 4.78 is 0. The molecule has 1 nitrogen and oxygen atoms in total. The third kappa shape index (κ3) is 2.85. The van der Waals surface area contributed by atoms with Crippen LogP contribution in [0, 0.1) is 0 Å². The van der Waals surface area contributed by atoms with E-state index in [9.17, 15) is 5.11 Å². The molecule has 0 aliphatic rings. The molecule has 0 saturated heterocycles. The second kappa shape index (κ2) is 3.67. The number of phenolic OH excluding ortho intramolecular Hbond substituents is 1. The van der Waals surface area contributed by atoms with Crippen LogP contribution in [0.5, 0.6) is 5.75 Å². The molecular weight excluding hydrogens is 200 g/mol. The van der Waals surface area contributed by atoms with Crippen molar-refractivity contribution in [2.45, 2.75) is 45.8 Å². The average Bonchev–Trinajstić information content (AvgIpc) is 1.99. The Labute approximate surface area is 94.2 Å². The van der Waals surface area contributed by atoms with Gasteiger partial charge in [0, 0.05) is 0 Å². The average molecular weight is 222 g/mol. The van der Waals surface area contributed by atoms with Crippen molar-refractivity contribution >= 4 is 13.3 Å². The molecule has 0 aliphatic heterocycles. The number of aromatic hydroxyl groups is 1. The molecule has 0 aliphatic carbocycles. The highest BCUT2D eigenvalue weighted by atomic mass is 28.3. The molecule has 0 bridgehead atoms. The van der Waals surface area contributed by atoms with Gasteiger partial charge in [-0.05, 0) is 22.2 Å². The first kappa shape index (κ1) is 12.3. The van der Waals surface area contributed by atoms with Gasteiger partial charge >= 0.3 is 0 Å². The highest BCUT2D eigenvalue weighted by Gasteiger charge is 2.22. The molecule has 0 spiro atoms. The van der Waals surface area contributed by atoms with Gasteiger partial charge in [0.1, 0.15) is 5.75 Å². The van der Waals surface area contributed by atoms with Crippen LogP contribution in [0.1, 0.15) is 26.3 Å². The predicted molar refractivity (Wildman–Crippen MR) is 69.8 cm³/mol.